The maximum absolute atomic E-state index is 11.3. The fraction of sp³-hybridized carbons (Fsp3) is 0.417. The van der Waals surface area contributed by atoms with Crippen LogP contribution in [-0.2, 0) is 9.47 Å². The minimum absolute atomic E-state index is 0.275. The molecule has 0 radical (unpaired) electrons. The van der Waals surface area contributed by atoms with Gasteiger partial charge in [0.05, 0.1) is 5.03 Å². The topological polar surface area (TPSA) is 47.6 Å². The van der Waals surface area contributed by atoms with E-state index in [4.69, 9.17) is 21.1 Å². The van der Waals surface area contributed by atoms with Crippen molar-refractivity contribution in [2.75, 3.05) is 7.05 Å². The summed E-state index contributed by atoms with van der Waals surface area (Å²) in [5.74, 6) is 1.14. The Morgan fingerprint density at radius 2 is 2.29 bits per heavy atom. The van der Waals surface area contributed by atoms with Crippen LogP contribution >= 0.6 is 11.6 Å². The Bertz CT molecular complexity index is 460. The van der Waals surface area contributed by atoms with E-state index in [-0.39, 0.29) is 5.41 Å². The van der Waals surface area contributed by atoms with Gasteiger partial charge in [-0.15, -0.1) is 0 Å². The monoisotopic (exact) mass is 255 g/mol. The first-order valence-corrected chi connectivity index (χ1v) is 5.69. The second-order valence-corrected chi connectivity index (χ2v) is 5.09. The molecule has 1 heterocycles. The van der Waals surface area contributed by atoms with Crippen LogP contribution in [-0.4, -0.2) is 13.1 Å². The smallest absolute Gasteiger partial charge is 0.412 e. The van der Waals surface area contributed by atoms with Crippen molar-refractivity contribution in [3.63, 3.8) is 0 Å². The average Bonchev–Trinajstić information content (AvgIpc) is 2.49. The van der Waals surface area contributed by atoms with Crippen LogP contribution in [0.15, 0.2) is 34.5 Å². The maximum Gasteiger partial charge on any atom is 0.412 e. The molecule has 0 unspecified atom stereocenters. The lowest BCUT2D eigenvalue weighted by Crippen LogP contribution is -2.23. The first-order chi connectivity index (χ1) is 7.94. The predicted molar refractivity (Wildman–Crippen MR) is 64.1 cm³/mol. The first-order valence-electron chi connectivity index (χ1n) is 5.31. The average molecular weight is 256 g/mol. The van der Waals surface area contributed by atoms with Crippen molar-refractivity contribution in [3.8, 4) is 0 Å². The fourth-order valence-corrected chi connectivity index (χ4v) is 2.16. The molecule has 5 heteroatoms. The number of nitrogens with one attached hydrogen (secondary N) is 1. The Labute approximate surface area is 105 Å². The molecule has 0 aromatic heterocycles. The van der Waals surface area contributed by atoms with E-state index < -0.39 is 6.09 Å². The van der Waals surface area contributed by atoms with Gasteiger partial charge in [-0.25, -0.2) is 4.79 Å². The van der Waals surface area contributed by atoms with Crippen LogP contribution < -0.4 is 5.32 Å². The molecule has 1 aliphatic carbocycles. The SMILES string of the molecule is CNC(=O)OC1=C2OC=C(Cl)C=C2CC1(C)C. The van der Waals surface area contributed by atoms with Crippen molar-refractivity contribution < 1.29 is 14.3 Å². The van der Waals surface area contributed by atoms with Gasteiger partial charge >= 0.3 is 6.09 Å². The van der Waals surface area contributed by atoms with E-state index >= 15 is 0 Å². The molecule has 0 saturated heterocycles. The zero-order valence-corrected chi connectivity index (χ0v) is 10.7. The molecule has 0 aromatic carbocycles. The van der Waals surface area contributed by atoms with Gasteiger partial charge in [0.2, 0.25) is 0 Å². The summed E-state index contributed by atoms with van der Waals surface area (Å²) in [5, 5.41) is 2.96. The standard InChI is InChI=1S/C12H14ClNO3/c1-12(2)5-7-4-8(13)6-16-9(7)10(12)17-11(15)14-3/h4,6H,5H2,1-3H3,(H,14,15). The molecule has 2 rings (SSSR count). The van der Waals surface area contributed by atoms with Crippen molar-refractivity contribution in [1.82, 2.24) is 5.32 Å². The van der Waals surface area contributed by atoms with Crippen molar-refractivity contribution in [2.45, 2.75) is 20.3 Å². The van der Waals surface area contributed by atoms with Gasteiger partial charge in [0.15, 0.2) is 11.5 Å². The number of hydrogen-bond acceptors (Lipinski definition) is 3. The molecule has 1 amide bonds. The zero-order valence-electron chi connectivity index (χ0n) is 9.96. The van der Waals surface area contributed by atoms with Gasteiger partial charge in [0, 0.05) is 18.0 Å². The Kier molecular flexibility index (Phi) is 2.91. The molecular formula is C12H14ClNO3. The van der Waals surface area contributed by atoms with E-state index in [9.17, 15) is 4.79 Å². The molecule has 0 fully saturated rings. The van der Waals surface area contributed by atoms with Crippen LogP contribution in [0.25, 0.3) is 0 Å². The Balaban J connectivity index is 2.36. The fourth-order valence-electron chi connectivity index (χ4n) is 1.98. The zero-order chi connectivity index (χ0) is 12.6. The molecule has 0 bridgehead atoms. The number of carbonyl (C=O) groups is 1. The van der Waals surface area contributed by atoms with E-state index in [0.717, 1.165) is 12.0 Å². The summed E-state index contributed by atoms with van der Waals surface area (Å²) < 4.78 is 10.7. The van der Waals surface area contributed by atoms with Crippen LogP contribution in [0.2, 0.25) is 0 Å². The van der Waals surface area contributed by atoms with E-state index in [1.165, 1.54) is 13.3 Å². The molecule has 0 spiro atoms. The largest absolute Gasteiger partial charge is 0.460 e. The number of halogens is 1. The molecule has 0 saturated carbocycles. The summed E-state index contributed by atoms with van der Waals surface area (Å²) in [6.45, 7) is 3.99. The predicted octanol–water partition coefficient (Wildman–Crippen LogP) is 3.02. The lowest BCUT2D eigenvalue weighted by Gasteiger charge is -2.20. The molecule has 92 valence electrons. The Morgan fingerprint density at radius 3 is 2.94 bits per heavy atom. The van der Waals surface area contributed by atoms with Gasteiger partial charge in [-0.1, -0.05) is 25.4 Å². The molecule has 1 aliphatic heterocycles. The molecule has 2 aliphatic rings. The normalized spacial score (nSPS) is 21.2. The second kappa shape index (κ2) is 4.11. The van der Waals surface area contributed by atoms with Gasteiger partial charge in [0.1, 0.15) is 6.26 Å². The number of allylic oxidation sites excluding steroid dienone is 4. The first kappa shape index (κ1) is 12.0. The highest BCUT2D eigenvalue weighted by Crippen LogP contribution is 2.48. The van der Waals surface area contributed by atoms with E-state index in [1.807, 2.05) is 19.9 Å². The number of hydrogen-bond donors (Lipinski definition) is 1. The van der Waals surface area contributed by atoms with Gasteiger partial charge < -0.3 is 14.8 Å². The summed E-state index contributed by atoms with van der Waals surface area (Å²) in [6.07, 6.45) is 3.52. The van der Waals surface area contributed by atoms with Gasteiger partial charge in [-0.3, -0.25) is 0 Å². The van der Waals surface area contributed by atoms with E-state index in [0.29, 0.717) is 16.6 Å². The van der Waals surface area contributed by atoms with E-state index in [1.54, 1.807) is 0 Å². The molecule has 1 N–H and O–H groups in total. The van der Waals surface area contributed by atoms with Gasteiger partial charge in [-0.05, 0) is 12.5 Å². The number of rotatable bonds is 1. The van der Waals surface area contributed by atoms with Crippen LogP contribution in [0.3, 0.4) is 0 Å². The summed E-state index contributed by atoms with van der Waals surface area (Å²) >= 11 is 5.87. The molecule has 0 atom stereocenters. The third-order valence-electron chi connectivity index (χ3n) is 2.75. The minimum Gasteiger partial charge on any atom is -0.460 e. The molecule has 0 aromatic rings. The van der Waals surface area contributed by atoms with Crippen molar-refractivity contribution in [3.05, 3.63) is 34.5 Å². The highest BCUT2D eigenvalue weighted by atomic mass is 35.5. The van der Waals surface area contributed by atoms with Crippen molar-refractivity contribution in [1.29, 1.82) is 0 Å². The van der Waals surface area contributed by atoms with Crippen LogP contribution in [0, 0.1) is 5.41 Å². The quantitative estimate of drug-likeness (QED) is 0.784. The minimum atomic E-state index is -0.494. The van der Waals surface area contributed by atoms with Crippen LogP contribution in [0.5, 0.6) is 0 Å². The van der Waals surface area contributed by atoms with Crippen LogP contribution in [0.4, 0.5) is 4.79 Å². The third kappa shape index (κ3) is 2.17. The number of ether oxygens (including phenoxy) is 2. The number of carbonyl (C=O) groups excluding carboxylic acids is 1. The number of fused-ring (bicyclic) bond motifs is 1. The maximum atomic E-state index is 11.3. The van der Waals surface area contributed by atoms with Gasteiger partial charge in [-0.2, -0.15) is 0 Å². The van der Waals surface area contributed by atoms with Crippen molar-refractivity contribution in [2.24, 2.45) is 5.41 Å². The molecule has 4 nitrogen and oxygen atoms in total. The summed E-state index contributed by atoms with van der Waals surface area (Å²) in [5.41, 5.74) is 0.685. The lowest BCUT2D eigenvalue weighted by molar-refractivity contribution is 0.149. The number of amides is 1. The van der Waals surface area contributed by atoms with Gasteiger partial charge in [0.25, 0.3) is 0 Å². The number of alkyl carbamates (subject to hydrolysis) is 1. The summed E-state index contributed by atoms with van der Waals surface area (Å²) in [4.78, 5) is 11.3. The molecular weight excluding hydrogens is 242 g/mol. The Morgan fingerprint density at radius 1 is 1.59 bits per heavy atom. The van der Waals surface area contributed by atoms with E-state index in [2.05, 4.69) is 5.32 Å². The lowest BCUT2D eigenvalue weighted by atomic mass is 9.90. The Hall–Kier alpha value is -1.42. The van der Waals surface area contributed by atoms with Crippen molar-refractivity contribution >= 4 is 17.7 Å². The molecule has 17 heavy (non-hydrogen) atoms. The second-order valence-electron chi connectivity index (χ2n) is 4.65. The highest BCUT2D eigenvalue weighted by Gasteiger charge is 2.41. The van der Waals surface area contributed by atoms with Crippen LogP contribution in [0.1, 0.15) is 20.3 Å². The highest BCUT2D eigenvalue weighted by molar-refractivity contribution is 6.31. The summed E-state index contributed by atoms with van der Waals surface area (Å²) in [6, 6.07) is 0. The summed E-state index contributed by atoms with van der Waals surface area (Å²) in [7, 11) is 1.52. The third-order valence-corrected chi connectivity index (χ3v) is 2.94.